The summed E-state index contributed by atoms with van der Waals surface area (Å²) in [6, 6.07) is 2.89. The fraction of sp³-hybridized carbons (Fsp3) is 0.333. The second-order valence-electron chi connectivity index (χ2n) is 6.96. The molecule has 2 aliphatic rings. The predicted molar refractivity (Wildman–Crippen MR) is 119 cm³/mol. The van der Waals surface area contributed by atoms with E-state index in [2.05, 4.69) is 15.4 Å². The van der Waals surface area contributed by atoms with E-state index in [0.717, 1.165) is 16.6 Å². The van der Waals surface area contributed by atoms with Crippen LogP contribution < -0.4 is 16.4 Å². The molecule has 1 fully saturated rings. The molecule has 3 N–H and O–H groups in total. The molecule has 2 aliphatic heterocycles. The number of nitrogens with zero attached hydrogens (tertiary/aromatic N) is 3. The van der Waals surface area contributed by atoms with Gasteiger partial charge in [0.25, 0.3) is 5.91 Å². The molecule has 0 bridgehead atoms. The van der Waals surface area contributed by atoms with Crippen LogP contribution in [0, 0.1) is 0 Å². The van der Waals surface area contributed by atoms with Crippen LogP contribution in [0.25, 0.3) is 0 Å². The monoisotopic (exact) mass is 495 g/mol. The minimum Gasteiger partial charge on any atom is -0.477 e. The number of carboxylic acid groups (broad SMARTS) is 1. The molecule has 2 atom stereocenters. The average Bonchev–Trinajstić information content (AvgIpc) is 3.25. The largest absolute Gasteiger partial charge is 0.477 e. The lowest BCUT2D eigenvalue weighted by Gasteiger charge is -2.49. The molecule has 0 aliphatic carbocycles. The van der Waals surface area contributed by atoms with E-state index in [-0.39, 0.29) is 28.9 Å². The maximum absolute atomic E-state index is 12.7. The number of fused-ring (bicyclic) bond motifs is 1. The van der Waals surface area contributed by atoms with Gasteiger partial charge in [0, 0.05) is 23.4 Å². The molecule has 0 aromatic carbocycles. The van der Waals surface area contributed by atoms with Crippen LogP contribution in [0.15, 0.2) is 43.5 Å². The molecular weight excluding hydrogens is 478 g/mol. The van der Waals surface area contributed by atoms with E-state index in [4.69, 9.17) is 0 Å². The highest BCUT2D eigenvalue weighted by atomic mass is 32.2. The molecule has 4 rings (SSSR count). The van der Waals surface area contributed by atoms with Gasteiger partial charge in [-0.2, -0.15) is 4.98 Å². The summed E-state index contributed by atoms with van der Waals surface area (Å²) in [5, 5.41) is 16.4. The Hall–Kier alpha value is -2.84. The number of β-lactam (4-membered cyclic amide) rings is 1. The SMILES string of the molecule is Cn1[nH]c(=O)c(=O)nc1SCC1=C(C(=O)O)N2C(=O)[C@@H](NC(=O)Cc3cccs3)[C@H]2SC1. The molecule has 0 spiro atoms. The van der Waals surface area contributed by atoms with Crippen molar-refractivity contribution in [2.45, 2.75) is 23.0 Å². The minimum absolute atomic E-state index is 0.121. The van der Waals surface area contributed by atoms with Crippen molar-refractivity contribution in [3.8, 4) is 0 Å². The smallest absolute Gasteiger partial charge is 0.352 e. The van der Waals surface area contributed by atoms with Gasteiger partial charge < -0.3 is 10.4 Å². The van der Waals surface area contributed by atoms with Gasteiger partial charge in [-0.15, -0.1) is 23.1 Å². The van der Waals surface area contributed by atoms with E-state index in [9.17, 15) is 29.1 Å². The molecule has 2 amide bonds. The van der Waals surface area contributed by atoms with Crippen LogP contribution in [-0.2, 0) is 27.9 Å². The fourth-order valence-corrected chi connectivity index (χ4v) is 6.44. The van der Waals surface area contributed by atoms with Crippen molar-refractivity contribution in [1.82, 2.24) is 25.0 Å². The summed E-state index contributed by atoms with van der Waals surface area (Å²) < 4.78 is 1.28. The topological polar surface area (TPSA) is 154 Å². The number of hydrogen-bond donors (Lipinski definition) is 3. The summed E-state index contributed by atoms with van der Waals surface area (Å²) in [5.74, 6) is -1.52. The number of aliphatic carboxylic acids is 1. The van der Waals surface area contributed by atoms with Crippen molar-refractivity contribution in [3.63, 3.8) is 0 Å². The molecular formula is C18H17N5O6S3. The molecule has 32 heavy (non-hydrogen) atoms. The number of aromatic nitrogens is 3. The number of thiophene rings is 1. The van der Waals surface area contributed by atoms with Crippen molar-refractivity contribution in [2.75, 3.05) is 11.5 Å². The third-order valence-corrected chi connectivity index (χ3v) is 8.14. The fourth-order valence-electron chi connectivity index (χ4n) is 3.33. The van der Waals surface area contributed by atoms with E-state index >= 15 is 0 Å². The number of carbonyl (C=O) groups is 3. The van der Waals surface area contributed by atoms with Crippen LogP contribution in [0.4, 0.5) is 0 Å². The number of hydrogen-bond acceptors (Lipinski definition) is 9. The van der Waals surface area contributed by atoms with Crippen LogP contribution in [0.2, 0.25) is 0 Å². The van der Waals surface area contributed by atoms with Crippen molar-refractivity contribution >= 4 is 52.6 Å². The molecule has 0 unspecified atom stereocenters. The summed E-state index contributed by atoms with van der Waals surface area (Å²) in [5.41, 5.74) is -1.42. The Labute approximate surface area is 192 Å². The second-order valence-corrected chi connectivity index (χ2v) is 10.0. The Balaban J connectivity index is 1.48. The first-order valence-corrected chi connectivity index (χ1v) is 12.2. The van der Waals surface area contributed by atoms with Crippen LogP contribution >= 0.6 is 34.9 Å². The quantitative estimate of drug-likeness (QED) is 0.264. The molecule has 168 valence electrons. The van der Waals surface area contributed by atoms with Crippen LogP contribution in [0.3, 0.4) is 0 Å². The van der Waals surface area contributed by atoms with Crippen LogP contribution in [0.5, 0.6) is 0 Å². The number of aromatic amines is 1. The van der Waals surface area contributed by atoms with Gasteiger partial charge in [0.2, 0.25) is 5.91 Å². The molecule has 11 nitrogen and oxygen atoms in total. The molecule has 0 radical (unpaired) electrons. The highest BCUT2D eigenvalue weighted by Crippen LogP contribution is 2.41. The van der Waals surface area contributed by atoms with Gasteiger partial charge in [-0.1, -0.05) is 17.8 Å². The maximum Gasteiger partial charge on any atom is 0.352 e. The number of rotatable bonds is 7. The van der Waals surface area contributed by atoms with Crippen molar-refractivity contribution in [1.29, 1.82) is 0 Å². The van der Waals surface area contributed by atoms with Gasteiger partial charge >= 0.3 is 17.1 Å². The lowest BCUT2D eigenvalue weighted by Crippen LogP contribution is -2.70. The number of thioether (sulfide) groups is 2. The van der Waals surface area contributed by atoms with Gasteiger partial charge in [-0.25, -0.2) is 4.79 Å². The lowest BCUT2D eigenvalue weighted by molar-refractivity contribution is -0.150. The number of H-pyrrole nitrogens is 1. The molecule has 14 heteroatoms. The number of nitrogens with one attached hydrogen (secondary N) is 2. The Bertz CT molecular complexity index is 1230. The zero-order chi connectivity index (χ0) is 23.0. The molecule has 4 heterocycles. The summed E-state index contributed by atoms with van der Waals surface area (Å²) in [7, 11) is 1.51. The first-order valence-electron chi connectivity index (χ1n) is 9.28. The van der Waals surface area contributed by atoms with Gasteiger partial charge in [0.05, 0.1) is 6.42 Å². The Morgan fingerprint density at radius 2 is 2.16 bits per heavy atom. The Kier molecular flexibility index (Phi) is 6.26. The van der Waals surface area contributed by atoms with Gasteiger partial charge in [-0.05, 0) is 17.0 Å². The second kappa shape index (κ2) is 8.96. The van der Waals surface area contributed by atoms with Gasteiger partial charge in [-0.3, -0.25) is 33.9 Å². The molecule has 2 aromatic rings. The minimum atomic E-state index is -1.24. The van der Waals surface area contributed by atoms with Crippen molar-refractivity contribution in [2.24, 2.45) is 7.05 Å². The standard InChI is InChI=1S/C18H17N5O6S3/c1-22-18(20-13(25)14(26)21-22)32-7-8-6-31-16-11(15(27)23(16)12(8)17(28)29)19-10(24)5-9-3-2-4-30-9/h2-4,11,16H,5-7H2,1H3,(H,19,24)(H,21,26)(H,28,29)/t11-,16-/m1/s1. The summed E-state index contributed by atoms with van der Waals surface area (Å²) in [6.45, 7) is 0. The summed E-state index contributed by atoms with van der Waals surface area (Å²) in [4.78, 5) is 65.5. The Morgan fingerprint density at radius 1 is 1.38 bits per heavy atom. The molecule has 0 saturated carbocycles. The van der Waals surface area contributed by atoms with Gasteiger partial charge in [0.1, 0.15) is 17.1 Å². The average molecular weight is 496 g/mol. The first-order chi connectivity index (χ1) is 15.3. The number of carboxylic acids is 1. The Morgan fingerprint density at radius 3 is 2.84 bits per heavy atom. The first kappa shape index (κ1) is 22.4. The van der Waals surface area contributed by atoms with Crippen LogP contribution in [-0.4, -0.2) is 65.5 Å². The predicted octanol–water partition coefficient (Wildman–Crippen LogP) is -0.396. The van der Waals surface area contributed by atoms with E-state index < -0.39 is 34.4 Å². The normalized spacial score (nSPS) is 20.0. The van der Waals surface area contributed by atoms with E-state index in [1.807, 2.05) is 17.5 Å². The van der Waals surface area contributed by atoms with Crippen molar-refractivity contribution in [3.05, 3.63) is 54.4 Å². The van der Waals surface area contributed by atoms with E-state index in [0.29, 0.717) is 11.3 Å². The molecule has 1 saturated heterocycles. The maximum atomic E-state index is 12.7. The van der Waals surface area contributed by atoms with Crippen molar-refractivity contribution < 1.29 is 19.5 Å². The highest BCUT2D eigenvalue weighted by Gasteiger charge is 2.54. The number of aryl methyl sites for hydroxylation is 1. The van der Waals surface area contributed by atoms with E-state index in [1.165, 1.54) is 39.7 Å². The summed E-state index contributed by atoms with van der Waals surface area (Å²) >= 11 is 3.88. The van der Waals surface area contributed by atoms with Gasteiger partial charge in [0.15, 0.2) is 5.16 Å². The highest BCUT2D eigenvalue weighted by molar-refractivity contribution is 8.01. The van der Waals surface area contributed by atoms with E-state index in [1.54, 1.807) is 0 Å². The van der Waals surface area contributed by atoms with Crippen LogP contribution in [0.1, 0.15) is 4.88 Å². The lowest BCUT2D eigenvalue weighted by atomic mass is 10.0. The number of carbonyl (C=O) groups excluding carboxylic acids is 2. The zero-order valence-electron chi connectivity index (χ0n) is 16.6. The molecule has 2 aromatic heterocycles. The summed E-state index contributed by atoms with van der Waals surface area (Å²) in [6.07, 6.45) is 0.160. The zero-order valence-corrected chi connectivity index (χ0v) is 19.0. The third kappa shape index (κ3) is 4.25. The number of amides is 2. The third-order valence-electron chi connectivity index (χ3n) is 4.80.